The second-order valence-corrected chi connectivity index (χ2v) is 5.47. The van der Waals surface area contributed by atoms with Crippen molar-refractivity contribution in [2.24, 2.45) is 0 Å². The van der Waals surface area contributed by atoms with Crippen LogP contribution in [0.4, 0.5) is 35.1 Å². The van der Waals surface area contributed by atoms with Gasteiger partial charge in [0.25, 0.3) is 0 Å². The summed E-state index contributed by atoms with van der Waals surface area (Å²) in [6.07, 6.45) is -5.06. The maximum absolute atomic E-state index is 13.1. The van der Waals surface area contributed by atoms with E-state index in [1.165, 1.54) is 6.33 Å². The average Bonchev–Trinajstić information content (AvgIpc) is 2.70. The number of nitrogens with zero attached hydrogens (tertiary/aromatic N) is 2. The molecule has 1 N–H and O–H groups in total. The first-order chi connectivity index (χ1) is 14.5. The fraction of sp³-hybridized carbons (Fsp3) is 0.111. The summed E-state index contributed by atoms with van der Waals surface area (Å²) in [5.41, 5.74) is -1.57. The van der Waals surface area contributed by atoms with E-state index in [0.717, 1.165) is 12.1 Å². The second-order valence-electron chi connectivity index (χ2n) is 5.47. The number of benzene rings is 2. The van der Waals surface area contributed by atoms with Crippen molar-refractivity contribution in [1.82, 2.24) is 15.6 Å². The third-order valence-corrected chi connectivity index (χ3v) is 3.28. The number of rotatable bonds is 4. The van der Waals surface area contributed by atoms with Crippen molar-refractivity contribution in [2.75, 3.05) is 0 Å². The molecule has 0 unspecified atom stereocenters. The highest BCUT2D eigenvalue weighted by Gasteiger charge is 2.35. The normalized spacial score (nSPS) is 11.4. The zero-order chi connectivity index (χ0) is 23.1. The third kappa shape index (κ3) is 7.37. The molecule has 3 aromatic rings. The van der Waals surface area contributed by atoms with Gasteiger partial charge in [-0.15, -0.1) is 0 Å². The quantitative estimate of drug-likeness (QED) is 0.426. The molecular weight excluding hydrogens is 442 g/mol. The zero-order valence-corrected chi connectivity index (χ0v) is 15.0. The number of halogens is 8. The molecule has 1 aromatic heterocycles. The first kappa shape index (κ1) is 23.8. The van der Waals surface area contributed by atoms with Gasteiger partial charge in [-0.25, -0.2) is 18.7 Å². The molecule has 0 amide bonds. The molecule has 0 saturated heterocycles. The van der Waals surface area contributed by atoms with Crippen LogP contribution in [0.1, 0.15) is 11.1 Å². The van der Waals surface area contributed by atoms with E-state index in [-0.39, 0.29) is 0 Å². The minimum atomic E-state index is -4.97. The van der Waals surface area contributed by atoms with Crippen LogP contribution in [-0.2, 0) is 12.4 Å². The topological polar surface area (TPSA) is 56.3 Å². The van der Waals surface area contributed by atoms with Crippen molar-refractivity contribution in [2.45, 2.75) is 12.4 Å². The molecule has 1 heterocycles. The fourth-order valence-corrected chi connectivity index (χ4v) is 1.94. The summed E-state index contributed by atoms with van der Waals surface area (Å²) in [5, 5.41) is 0. The molecule has 13 heteroatoms. The van der Waals surface area contributed by atoms with Crippen LogP contribution in [0, 0.1) is 11.6 Å². The van der Waals surface area contributed by atoms with E-state index in [0.29, 0.717) is 24.3 Å². The molecule has 0 bridgehead atoms. The Labute approximate surface area is 169 Å². The molecule has 0 aliphatic rings. The van der Waals surface area contributed by atoms with Gasteiger partial charge in [0.1, 0.15) is 18.0 Å². The Morgan fingerprint density at radius 1 is 0.677 bits per heavy atom. The number of nitrogens with one attached hydrogen (secondary N) is 1. The predicted molar refractivity (Wildman–Crippen MR) is 89.2 cm³/mol. The molecule has 0 spiro atoms. The summed E-state index contributed by atoms with van der Waals surface area (Å²) in [5.74, 6) is -4.11. The first-order valence-corrected chi connectivity index (χ1v) is 8.00. The average molecular weight is 453 g/mol. The van der Waals surface area contributed by atoms with Gasteiger partial charge in [0.2, 0.25) is 0 Å². The number of hydrogen-bond donors (Lipinski definition) is 1. The van der Waals surface area contributed by atoms with Crippen LogP contribution in [0.15, 0.2) is 61.2 Å². The molecule has 166 valence electrons. The Kier molecular flexibility index (Phi) is 7.69. The molecule has 5 nitrogen and oxygen atoms in total. The summed E-state index contributed by atoms with van der Waals surface area (Å²) < 4.78 is 101. The minimum absolute atomic E-state index is 0.317. The second kappa shape index (κ2) is 10.0. The Hall–Kier alpha value is -3.48. The van der Waals surface area contributed by atoms with Crippen molar-refractivity contribution in [1.29, 1.82) is 0 Å². The molecule has 0 fully saturated rings. The van der Waals surface area contributed by atoms with Gasteiger partial charge in [-0.2, -0.15) is 26.3 Å². The van der Waals surface area contributed by atoms with E-state index in [9.17, 15) is 35.1 Å². The van der Waals surface area contributed by atoms with Crippen LogP contribution >= 0.6 is 0 Å². The molecule has 31 heavy (non-hydrogen) atoms. The number of alkyl halides is 6. The van der Waals surface area contributed by atoms with Crippen LogP contribution in [0.5, 0.6) is 11.5 Å². The van der Waals surface area contributed by atoms with E-state index in [2.05, 4.69) is 19.6 Å². The molecule has 2 aromatic carbocycles. The van der Waals surface area contributed by atoms with E-state index < -0.39 is 46.6 Å². The molecule has 0 aliphatic carbocycles. The number of aromatic nitrogens is 2. The summed E-state index contributed by atoms with van der Waals surface area (Å²) in [7, 11) is 0. The Bertz CT molecular complexity index is 892. The Balaban J connectivity index is 0.000000488. The monoisotopic (exact) mass is 453 g/mol. The van der Waals surface area contributed by atoms with Crippen molar-refractivity contribution in [3.8, 4) is 11.5 Å². The van der Waals surface area contributed by atoms with Crippen molar-refractivity contribution < 1.29 is 44.8 Å². The molecule has 0 radical (unpaired) electrons. The zero-order valence-electron chi connectivity index (χ0n) is 15.0. The first-order valence-electron chi connectivity index (χ1n) is 8.00. The van der Waals surface area contributed by atoms with E-state index >= 15 is 0 Å². The predicted octanol–water partition coefficient (Wildman–Crippen LogP) is 5.36. The standard InChI is InChI=1S/C14H7F8NO2.C4H4N2/c15-11-3-1-7(5-9(11)13(17,18)19)24-23-25-8-2-4-12(16)10(6-8)14(20,21)22;1-2-5-4-6-3-1/h1-6,23H;1-4H. The largest absolute Gasteiger partial charge is 0.419 e. The van der Waals surface area contributed by atoms with Gasteiger partial charge >= 0.3 is 12.4 Å². The number of hydrogen-bond acceptors (Lipinski definition) is 5. The van der Waals surface area contributed by atoms with E-state index in [4.69, 9.17) is 0 Å². The van der Waals surface area contributed by atoms with Gasteiger partial charge in [0.15, 0.2) is 11.5 Å². The summed E-state index contributed by atoms with van der Waals surface area (Å²) >= 11 is 0. The lowest BCUT2D eigenvalue weighted by Gasteiger charge is -2.13. The van der Waals surface area contributed by atoms with Gasteiger partial charge in [-0.05, 0) is 42.5 Å². The van der Waals surface area contributed by atoms with Crippen molar-refractivity contribution in [3.63, 3.8) is 0 Å². The lowest BCUT2D eigenvalue weighted by molar-refractivity contribution is -0.140. The lowest BCUT2D eigenvalue weighted by atomic mass is 10.2. The maximum Gasteiger partial charge on any atom is 0.419 e. The highest BCUT2D eigenvalue weighted by Crippen LogP contribution is 2.34. The Morgan fingerprint density at radius 2 is 1.10 bits per heavy atom. The van der Waals surface area contributed by atoms with Crippen LogP contribution in [0.25, 0.3) is 0 Å². The summed E-state index contributed by atoms with van der Waals surface area (Å²) in [6, 6.07) is 5.04. The van der Waals surface area contributed by atoms with Gasteiger partial charge in [-0.3, -0.25) is 0 Å². The van der Waals surface area contributed by atoms with Crippen molar-refractivity contribution in [3.05, 3.63) is 83.9 Å². The molecular formula is C18H11F8N3O2. The maximum atomic E-state index is 13.1. The van der Waals surface area contributed by atoms with Crippen LogP contribution in [-0.4, -0.2) is 9.97 Å². The van der Waals surface area contributed by atoms with Crippen molar-refractivity contribution >= 4 is 0 Å². The van der Waals surface area contributed by atoms with Gasteiger partial charge < -0.3 is 9.68 Å². The fourth-order valence-electron chi connectivity index (χ4n) is 1.94. The van der Waals surface area contributed by atoms with Crippen LogP contribution in [0.3, 0.4) is 0 Å². The van der Waals surface area contributed by atoms with Gasteiger partial charge in [0.05, 0.1) is 11.1 Å². The minimum Gasteiger partial charge on any atom is -0.374 e. The highest BCUT2D eigenvalue weighted by atomic mass is 19.4. The molecule has 0 saturated carbocycles. The Morgan fingerprint density at radius 3 is 1.39 bits per heavy atom. The SMILES string of the molecule is Fc1ccc(ONOc2ccc(F)c(C(F)(F)F)c2)cc1C(F)(F)F.c1cncnc1. The van der Waals surface area contributed by atoms with E-state index in [1.54, 1.807) is 24.1 Å². The van der Waals surface area contributed by atoms with Gasteiger partial charge in [-0.1, -0.05) is 0 Å². The van der Waals surface area contributed by atoms with Crippen LogP contribution in [0.2, 0.25) is 0 Å². The third-order valence-electron chi connectivity index (χ3n) is 3.28. The summed E-state index contributed by atoms with van der Waals surface area (Å²) in [6.45, 7) is 0. The van der Waals surface area contributed by atoms with Gasteiger partial charge in [0, 0.05) is 18.0 Å². The van der Waals surface area contributed by atoms with Crippen LogP contribution < -0.4 is 15.3 Å². The molecule has 3 rings (SSSR count). The molecule has 0 aliphatic heterocycles. The lowest BCUT2D eigenvalue weighted by Crippen LogP contribution is -2.23. The smallest absolute Gasteiger partial charge is 0.374 e. The molecule has 0 atom stereocenters. The highest BCUT2D eigenvalue weighted by molar-refractivity contribution is 5.32. The van der Waals surface area contributed by atoms with E-state index in [1.807, 2.05) is 0 Å². The summed E-state index contributed by atoms with van der Waals surface area (Å²) in [4.78, 5) is 16.4.